The summed E-state index contributed by atoms with van der Waals surface area (Å²) in [6, 6.07) is 85.0. The molecule has 2 heteroatoms. The molecule has 9 aromatic rings. The van der Waals surface area contributed by atoms with Crippen LogP contribution in [0.25, 0.3) is 44.5 Å². The number of hydrogen-bond acceptors (Lipinski definition) is 2. The van der Waals surface area contributed by atoms with Gasteiger partial charge in [0.1, 0.15) is 0 Å². The quantitative estimate of drug-likeness (QED) is 0.120. The Kier molecular flexibility index (Phi) is 10.8. The topological polar surface area (TPSA) is 6.48 Å². The van der Waals surface area contributed by atoms with Gasteiger partial charge in [0.15, 0.2) is 0 Å². The summed E-state index contributed by atoms with van der Waals surface area (Å²) in [6.07, 6.45) is 8.35. The van der Waals surface area contributed by atoms with Crippen LogP contribution in [-0.4, -0.2) is 0 Å². The summed E-state index contributed by atoms with van der Waals surface area (Å²) in [5.41, 5.74) is 20.6. The van der Waals surface area contributed by atoms with Crippen LogP contribution in [0.4, 0.5) is 34.1 Å². The number of anilines is 6. The van der Waals surface area contributed by atoms with E-state index >= 15 is 0 Å². The van der Waals surface area contributed by atoms with Crippen molar-refractivity contribution in [3.8, 4) is 44.5 Å². The standard InChI is InChI=1S/C60H44N2/c1-5-13-45(14-6-1)49-21-33-55(34-22-49)61(56-35-23-50(24-36-56)46-15-7-2-8-16-46)59-41-29-53(30-42-59)54-31-43-60(44-32-54)62(57-37-25-51(26-38-57)47-17-9-3-10-18-47)58-39-27-52(28-40-58)48-19-11-4-12-20-48/h1-11,13-44,48H. The maximum Gasteiger partial charge on any atom is 0.0462 e. The Balaban J connectivity index is 0.957. The third-order valence-corrected chi connectivity index (χ3v) is 11.6. The average Bonchev–Trinajstić information content (AvgIpc) is 3.36. The first-order chi connectivity index (χ1) is 30.7. The molecule has 62 heavy (non-hydrogen) atoms. The van der Waals surface area contributed by atoms with Crippen molar-refractivity contribution in [2.45, 2.75) is 5.92 Å². The zero-order valence-corrected chi connectivity index (χ0v) is 34.3. The molecule has 0 saturated heterocycles. The first-order valence-corrected chi connectivity index (χ1v) is 21.2. The van der Waals surface area contributed by atoms with Crippen LogP contribution >= 0.6 is 0 Å². The van der Waals surface area contributed by atoms with E-state index in [1.807, 2.05) is 6.08 Å². The number of nitrogens with zero attached hydrogens (tertiary/aromatic N) is 2. The minimum Gasteiger partial charge on any atom is -0.311 e. The fourth-order valence-electron chi connectivity index (χ4n) is 8.30. The summed E-state index contributed by atoms with van der Waals surface area (Å²) in [4.78, 5) is 4.67. The van der Waals surface area contributed by atoms with Gasteiger partial charge in [0, 0.05) is 40.0 Å². The Morgan fingerprint density at radius 1 is 0.274 bits per heavy atom. The fourth-order valence-corrected chi connectivity index (χ4v) is 8.30. The average molecular weight is 793 g/mol. The molecule has 1 aliphatic carbocycles. The molecule has 2 nitrogen and oxygen atoms in total. The molecule has 0 heterocycles. The second-order valence-electron chi connectivity index (χ2n) is 15.5. The van der Waals surface area contributed by atoms with Crippen molar-refractivity contribution in [3.63, 3.8) is 0 Å². The normalized spacial score (nSPS) is 12.9. The van der Waals surface area contributed by atoms with Gasteiger partial charge in [-0.3, -0.25) is 0 Å². The largest absolute Gasteiger partial charge is 0.311 e. The maximum absolute atomic E-state index is 3.25. The molecule has 0 N–H and O–H groups in total. The van der Waals surface area contributed by atoms with E-state index in [1.54, 1.807) is 0 Å². The van der Waals surface area contributed by atoms with Crippen LogP contribution in [0.3, 0.4) is 0 Å². The Labute approximate surface area is 365 Å². The van der Waals surface area contributed by atoms with Gasteiger partial charge >= 0.3 is 0 Å². The predicted molar refractivity (Wildman–Crippen MR) is 262 cm³/mol. The molecule has 0 amide bonds. The molecule has 0 spiro atoms. The van der Waals surface area contributed by atoms with Crippen LogP contribution in [0.5, 0.6) is 0 Å². The van der Waals surface area contributed by atoms with Crippen molar-refractivity contribution in [1.29, 1.82) is 0 Å². The highest BCUT2D eigenvalue weighted by Crippen LogP contribution is 2.40. The first-order valence-electron chi connectivity index (χ1n) is 21.2. The molecule has 0 radical (unpaired) electrons. The molecule has 1 aliphatic rings. The van der Waals surface area contributed by atoms with E-state index < -0.39 is 0 Å². The predicted octanol–water partition coefficient (Wildman–Crippen LogP) is 16.7. The van der Waals surface area contributed by atoms with Gasteiger partial charge in [-0.1, -0.05) is 176 Å². The molecule has 0 fully saturated rings. The number of benzene rings is 9. The molecule has 0 saturated carbocycles. The van der Waals surface area contributed by atoms with E-state index in [4.69, 9.17) is 0 Å². The van der Waals surface area contributed by atoms with Gasteiger partial charge in [-0.05, 0) is 135 Å². The van der Waals surface area contributed by atoms with Gasteiger partial charge in [-0.15, -0.1) is 5.73 Å². The minimum atomic E-state index is 0.228. The molecular weight excluding hydrogens is 749 g/mol. The van der Waals surface area contributed by atoms with Crippen molar-refractivity contribution in [2.75, 3.05) is 9.80 Å². The van der Waals surface area contributed by atoms with Gasteiger partial charge in [0.2, 0.25) is 0 Å². The molecule has 1 unspecified atom stereocenters. The Morgan fingerprint density at radius 2 is 0.532 bits per heavy atom. The van der Waals surface area contributed by atoms with Gasteiger partial charge in [-0.25, -0.2) is 0 Å². The Morgan fingerprint density at radius 3 is 0.790 bits per heavy atom. The van der Waals surface area contributed by atoms with Crippen molar-refractivity contribution < 1.29 is 0 Å². The zero-order valence-electron chi connectivity index (χ0n) is 34.3. The summed E-state index contributed by atoms with van der Waals surface area (Å²) >= 11 is 0. The van der Waals surface area contributed by atoms with Crippen LogP contribution in [0.2, 0.25) is 0 Å². The SMILES string of the molecule is C1=CC=CC(c2ccc(N(c3ccc(-c4ccccc4)cc3)c3ccc(-c4ccc(N(c5ccc(-c6ccccc6)cc5)c5ccc(-c6ccccc6)cc5)cc4)cc3)cc2)C=1. The van der Waals surface area contributed by atoms with E-state index in [0.29, 0.717) is 0 Å². The molecular formula is C60H44N2. The monoisotopic (exact) mass is 792 g/mol. The zero-order chi connectivity index (χ0) is 41.5. The second kappa shape index (κ2) is 17.6. The van der Waals surface area contributed by atoms with Crippen molar-refractivity contribution in [3.05, 3.63) is 272 Å². The van der Waals surface area contributed by atoms with Crippen LogP contribution in [0, 0.1) is 0 Å². The van der Waals surface area contributed by atoms with E-state index in [2.05, 4.69) is 270 Å². The summed E-state index contributed by atoms with van der Waals surface area (Å²) in [7, 11) is 0. The lowest BCUT2D eigenvalue weighted by Gasteiger charge is -2.27. The number of rotatable bonds is 11. The number of allylic oxidation sites excluding steroid dienone is 3. The van der Waals surface area contributed by atoms with Crippen LogP contribution in [0.15, 0.2) is 267 Å². The van der Waals surface area contributed by atoms with Gasteiger partial charge in [0.25, 0.3) is 0 Å². The summed E-state index contributed by atoms with van der Waals surface area (Å²) in [5, 5.41) is 0. The van der Waals surface area contributed by atoms with Gasteiger partial charge < -0.3 is 9.80 Å². The highest BCUT2D eigenvalue weighted by Gasteiger charge is 2.17. The van der Waals surface area contributed by atoms with Crippen molar-refractivity contribution in [2.24, 2.45) is 0 Å². The van der Waals surface area contributed by atoms with E-state index in [0.717, 1.165) is 45.3 Å². The fraction of sp³-hybridized carbons (Fsp3) is 0.0167. The lowest BCUT2D eigenvalue weighted by Crippen LogP contribution is -2.10. The summed E-state index contributed by atoms with van der Waals surface area (Å²) in [6.45, 7) is 0. The highest BCUT2D eigenvalue weighted by atomic mass is 15.1. The molecule has 9 aromatic carbocycles. The van der Waals surface area contributed by atoms with Crippen LogP contribution < -0.4 is 9.80 Å². The Bertz CT molecular complexity index is 2880. The van der Waals surface area contributed by atoms with Crippen molar-refractivity contribution in [1.82, 2.24) is 0 Å². The third kappa shape index (κ3) is 8.20. The highest BCUT2D eigenvalue weighted by molar-refractivity contribution is 5.83. The molecule has 0 aromatic heterocycles. The summed E-state index contributed by atoms with van der Waals surface area (Å²) < 4.78 is 0. The molecule has 10 rings (SSSR count). The summed E-state index contributed by atoms with van der Waals surface area (Å²) in [5.74, 6) is 0.228. The minimum absolute atomic E-state index is 0.228. The molecule has 0 aliphatic heterocycles. The molecule has 1 atom stereocenters. The lowest BCUT2D eigenvalue weighted by atomic mass is 9.96. The van der Waals surface area contributed by atoms with E-state index in [-0.39, 0.29) is 5.92 Å². The van der Waals surface area contributed by atoms with Crippen molar-refractivity contribution >= 4 is 34.1 Å². The van der Waals surface area contributed by atoms with Crippen LogP contribution in [-0.2, 0) is 0 Å². The van der Waals surface area contributed by atoms with E-state index in [1.165, 1.54) is 38.9 Å². The van der Waals surface area contributed by atoms with E-state index in [9.17, 15) is 0 Å². The molecule has 0 bridgehead atoms. The number of hydrogen-bond donors (Lipinski definition) is 0. The van der Waals surface area contributed by atoms with Crippen LogP contribution in [0.1, 0.15) is 11.5 Å². The van der Waals surface area contributed by atoms with Gasteiger partial charge in [-0.2, -0.15) is 0 Å². The van der Waals surface area contributed by atoms with Gasteiger partial charge in [0.05, 0.1) is 0 Å². The molecule has 294 valence electrons. The first kappa shape index (κ1) is 38.1. The smallest absolute Gasteiger partial charge is 0.0462 e. The Hall–Kier alpha value is -8.16. The third-order valence-electron chi connectivity index (χ3n) is 11.6. The second-order valence-corrected chi connectivity index (χ2v) is 15.5. The maximum atomic E-state index is 3.25. The lowest BCUT2D eigenvalue weighted by molar-refractivity contribution is 1.08.